The number of benzene rings is 3. The van der Waals surface area contributed by atoms with Crippen LogP contribution in [-0.4, -0.2) is 16.7 Å². The van der Waals surface area contributed by atoms with Gasteiger partial charge in [-0.05, 0) is 40.3 Å². The van der Waals surface area contributed by atoms with E-state index in [1.54, 1.807) is 17.0 Å². The number of carbonyl (C=O) groups excluding carboxylic acids is 2. The minimum absolute atomic E-state index is 0.171. The van der Waals surface area contributed by atoms with Crippen molar-refractivity contribution in [3.63, 3.8) is 0 Å². The zero-order valence-electron chi connectivity index (χ0n) is 18.6. The molecule has 4 rings (SSSR count). The Balaban J connectivity index is 1.66. The molecule has 0 fully saturated rings. The van der Waals surface area contributed by atoms with E-state index in [0.29, 0.717) is 6.54 Å². The summed E-state index contributed by atoms with van der Waals surface area (Å²) in [7, 11) is 0. The lowest BCUT2D eigenvalue weighted by Gasteiger charge is -2.31. The maximum Gasteiger partial charge on any atom is 0.247 e. The minimum atomic E-state index is -0.831. The van der Waals surface area contributed by atoms with Crippen molar-refractivity contribution in [2.24, 2.45) is 0 Å². The van der Waals surface area contributed by atoms with E-state index < -0.39 is 6.04 Å². The van der Waals surface area contributed by atoms with Gasteiger partial charge in [-0.3, -0.25) is 9.59 Å². The molecule has 1 N–H and O–H groups in total. The molecule has 2 amide bonds. The lowest BCUT2D eigenvalue weighted by Crippen LogP contribution is -2.43. The number of carbonyl (C=O) groups is 2. The lowest BCUT2D eigenvalue weighted by molar-refractivity contribution is -0.141. The molecule has 0 saturated heterocycles. The largest absolute Gasteiger partial charge is 0.350 e. The summed E-state index contributed by atoms with van der Waals surface area (Å²) in [4.78, 5) is 29.6. The van der Waals surface area contributed by atoms with Gasteiger partial charge in [0.05, 0.1) is 6.42 Å². The van der Waals surface area contributed by atoms with Crippen LogP contribution in [0.1, 0.15) is 27.6 Å². The summed E-state index contributed by atoms with van der Waals surface area (Å²) in [6, 6.07) is 27.9. The van der Waals surface area contributed by atoms with Crippen LogP contribution in [0.4, 0.5) is 4.39 Å². The summed E-state index contributed by atoms with van der Waals surface area (Å²) in [5.74, 6) is -0.785. The Bertz CT molecular complexity index is 1200. The SMILES string of the molecule is O=C(NCc1ccccc1)[C@@H](c1ccccc1)N(Cc1ccc(F)cc1)C(=O)Cc1cccs1. The Labute approximate surface area is 202 Å². The number of thiophene rings is 1. The third kappa shape index (κ3) is 6.17. The first-order chi connectivity index (χ1) is 16.6. The van der Waals surface area contributed by atoms with Gasteiger partial charge in [0.15, 0.2) is 0 Å². The van der Waals surface area contributed by atoms with Crippen LogP contribution in [0.5, 0.6) is 0 Å². The zero-order chi connectivity index (χ0) is 23.8. The van der Waals surface area contributed by atoms with E-state index in [1.165, 1.54) is 23.5 Å². The molecule has 6 heteroatoms. The van der Waals surface area contributed by atoms with Crippen LogP contribution in [0.25, 0.3) is 0 Å². The van der Waals surface area contributed by atoms with Gasteiger partial charge in [-0.25, -0.2) is 4.39 Å². The average Bonchev–Trinajstić information content (AvgIpc) is 3.38. The summed E-state index contributed by atoms with van der Waals surface area (Å²) in [6.07, 6.45) is 0.189. The molecule has 0 unspecified atom stereocenters. The number of nitrogens with zero attached hydrogens (tertiary/aromatic N) is 1. The van der Waals surface area contributed by atoms with Gasteiger partial charge in [-0.15, -0.1) is 11.3 Å². The van der Waals surface area contributed by atoms with E-state index in [0.717, 1.165) is 21.6 Å². The second-order valence-electron chi connectivity index (χ2n) is 7.92. The molecule has 0 aliphatic carbocycles. The quantitative estimate of drug-likeness (QED) is 0.349. The van der Waals surface area contributed by atoms with Crippen LogP contribution < -0.4 is 5.32 Å². The van der Waals surface area contributed by atoms with E-state index in [2.05, 4.69) is 5.32 Å². The normalized spacial score (nSPS) is 11.6. The van der Waals surface area contributed by atoms with Crippen molar-refractivity contribution >= 4 is 23.2 Å². The van der Waals surface area contributed by atoms with Gasteiger partial charge < -0.3 is 10.2 Å². The molecule has 4 aromatic rings. The molecular weight excluding hydrogens is 447 g/mol. The van der Waals surface area contributed by atoms with E-state index in [1.807, 2.05) is 78.2 Å². The molecule has 34 heavy (non-hydrogen) atoms. The predicted octanol–water partition coefficient (Wildman–Crippen LogP) is 5.52. The molecule has 0 bridgehead atoms. The first-order valence-electron chi connectivity index (χ1n) is 11.0. The second-order valence-corrected chi connectivity index (χ2v) is 8.95. The van der Waals surface area contributed by atoms with Gasteiger partial charge in [0, 0.05) is 18.0 Å². The monoisotopic (exact) mass is 472 g/mol. The molecule has 172 valence electrons. The van der Waals surface area contributed by atoms with Crippen molar-refractivity contribution in [1.82, 2.24) is 10.2 Å². The topological polar surface area (TPSA) is 49.4 Å². The number of rotatable bonds is 9. The first-order valence-corrected chi connectivity index (χ1v) is 11.9. The molecule has 1 atom stereocenters. The molecule has 0 aliphatic rings. The van der Waals surface area contributed by atoms with E-state index in [9.17, 15) is 14.0 Å². The van der Waals surface area contributed by atoms with Gasteiger partial charge in [-0.1, -0.05) is 78.9 Å². The molecule has 0 aliphatic heterocycles. The Hall–Kier alpha value is -3.77. The van der Waals surface area contributed by atoms with Gasteiger partial charge in [-0.2, -0.15) is 0 Å². The molecule has 0 radical (unpaired) electrons. The number of amides is 2. The van der Waals surface area contributed by atoms with Crippen LogP contribution in [0.2, 0.25) is 0 Å². The maximum absolute atomic E-state index is 13.6. The standard InChI is InChI=1S/C28H25FN2O2S/c29-24-15-13-22(14-16-24)20-31(26(32)18-25-12-7-17-34-25)27(23-10-5-2-6-11-23)28(33)30-19-21-8-3-1-4-9-21/h1-17,27H,18-20H2,(H,30,33)/t27-/m1/s1. The highest BCUT2D eigenvalue weighted by Gasteiger charge is 2.31. The molecule has 0 saturated carbocycles. The fourth-order valence-electron chi connectivity index (χ4n) is 3.76. The predicted molar refractivity (Wildman–Crippen MR) is 132 cm³/mol. The van der Waals surface area contributed by atoms with Gasteiger partial charge in [0.2, 0.25) is 11.8 Å². The van der Waals surface area contributed by atoms with E-state index >= 15 is 0 Å². The van der Waals surface area contributed by atoms with Crippen molar-refractivity contribution in [3.05, 3.63) is 130 Å². The number of hydrogen-bond donors (Lipinski definition) is 1. The van der Waals surface area contributed by atoms with Gasteiger partial charge in [0.25, 0.3) is 0 Å². The molecule has 1 heterocycles. The Morgan fingerprint density at radius 2 is 1.50 bits per heavy atom. The van der Waals surface area contributed by atoms with Crippen molar-refractivity contribution in [1.29, 1.82) is 0 Å². The van der Waals surface area contributed by atoms with Crippen molar-refractivity contribution in [3.8, 4) is 0 Å². The lowest BCUT2D eigenvalue weighted by atomic mass is 10.0. The number of nitrogens with one attached hydrogen (secondary N) is 1. The van der Waals surface area contributed by atoms with Crippen LogP contribution in [0.15, 0.2) is 102 Å². The van der Waals surface area contributed by atoms with Gasteiger partial charge in [0.1, 0.15) is 11.9 Å². The molecule has 4 nitrogen and oxygen atoms in total. The summed E-state index contributed by atoms with van der Waals surface area (Å²) < 4.78 is 13.5. The molecule has 0 spiro atoms. The first kappa shape index (κ1) is 23.4. The second kappa shape index (κ2) is 11.4. The van der Waals surface area contributed by atoms with Crippen LogP contribution in [-0.2, 0) is 29.1 Å². The summed E-state index contributed by atoms with van der Waals surface area (Å²) in [5, 5.41) is 4.92. The maximum atomic E-state index is 13.6. The highest BCUT2D eigenvalue weighted by Crippen LogP contribution is 2.26. The van der Waals surface area contributed by atoms with Crippen molar-refractivity contribution in [2.45, 2.75) is 25.6 Å². The van der Waals surface area contributed by atoms with Gasteiger partial charge >= 0.3 is 0 Å². The van der Waals surface area contributed by atoms with E-state index in [-0.39, 0.29) is 30.6 Å². The van der Waals surface area contributed by atoms with Crippen LogP contribution in [0, 0.1) is 5.82 Å². The number of halogens is 1. The fraction of sp³-hybridized carbons (Fsp3) is 0.143. The third-order valence-corrected chi connectivity index (χ3v) is 6.35. The molecule has 3 aromatic carbocycles. The zero-order valence-corrected chi connectivity index (χ0v) is 19.4. The third-order valence-electron chi connectivity index (χ3n) is 5.48. The average molecular weight is 473 g/mol. The van der Waals surface area contributed by atoms with Crippen LogP contribution in [0.3, 0.4) is 0 Å². The molecule has 1 aromatic heterocycles. The Kier molecular flexibility index (Phi) is 7.83. The molecular formula is C28H25FN2O2S. The highest BCUT2D eigenvalue weighted by atomic mass is 32.1. The Morgan fingerprint density at radius 3 is 2.15 bits per heavy atom. The fourth-order valence-corrected chi connectivity index (χ4v) is 4.46. The van der Waals surface area contributed by atoms with Crippen molar-refractivity contribution in [2.75, 3.05) is 0 Å². The number of hydrogen-bond acceptors (Lipinski definition) is 3. The summed E-state index contributed by atoms with van der Waals surface area (Å²) in [5.41, 5.74) is 2.44. The highest BCUT2D eigenvalue weighted by molar-refractivity contribution is 7.10. The van der Waals surface area contributed by atoms with E-state index in [4.69, 9.17) is 0 Å². The summed E-state index contributed by atoms with van der Waals surface area (Å²) >= 11 is 1.50. The van der Waals surface area contributed by atoms with Crippen molar-refractivity contribution < 1.29 is 14.0 Å². The minimum Gasteiger partial charge on any atom is -0.350 e. The van der Waals surface area contributed by atoms with Crippen LogP contribution >= 0.6 is 11.3 Å². The Morgan fingerprint density at radius 1 is 0.824 bits per heavy atom. The smallest absolute Gasteiger partial charge is 0.247 e. The summed E-state index contributed by atoms with van der Waals surface area (Å²) in [6.45, 7) is 0.537.